The molecule has 1 heterocycles. The van der Waals surface area contributed by atoms with Crippen LogP contribution in [-0.2, 0) is 10.8 Å². The summed E-state index contributed by atoms with van der Waals surface area (Å²) in [7, 11) is -2.57. The SMILES string of the molecule is CC(C)(C)[Si](OCCC1(C(O)CCc2ccccc2)CCNCC1)(c1ccccc1)c1ccccc1. The van der Waals surface area contributed by atoms with Gasteiger partial charge < -0.3 is 14.8 Å². The zero-order valence-corrected chi connectivity index (χ0v) is 23.2. The molecule has 0 saturated carbocycles. The Labute approximate surface area is 219 Å². The van der Waals surface area contributed by atoms with Gasteiger partial charge in [0.25, 0.3) is 8.32 Å². The summed E-state index contributed by atoms with van der Waals surface area (Å²) >= 11 is 0. The molecule has 1 aliphatic rings. The Balaban J connectivity index is 1.58. The number of hydrogen-bond acceptors (Lipinski definition) is 3. The van der Waals surface area contributed by atoms with Crippen molar-refractivity contribution in [3.8, 4) is 0 Å². The Morgan fingerprint density at radius 1 is 0.833 bits per heavy atom. The van der Waals surface area contributed by atoms with Crippen LogP contribution in [0.5, 0.6) is 0 Å². The lowest BCUT2D eigenvalue weighted by Gasteiger charge is -2.45. The van der Waals surface area contributed by atoms with Gasteiger partial charge in [0.05, 0.1) is 6.10 Å². The first kappa shape index (κ1) is 26.8. The summed E-state index contributed by atoms with van der Waals surface area (Å²) in [6, 6.07) is 32.3. The highest BCUT2D eigenvalue weighted by atomic mass is 28.4. The molecule has 0 aliphatic carbocycles. The van der Waals surface area contributed by atoms with Gasteiger partial charge in [-0.2, -0.15) is 0 Å². The van der Waals surface area contributed by atoms with Crippen LogP contribution in [0.1, 0.15) is 52.0 Å². The fourth-order valence-electron chi connectivity index (χ4n) is 6.10. The molecule has 3 aromatic rings. The largest absolute Gasteiger partial charge is 0.407 e. The van der Waals surface area contributed by atoms with E-state index < -0.39 is 8.32 Å². The van der Waals surface area contributed by atoms with Crippen molar-refractivity contribution in [3.63, 3.8) is 0 Å². The number of aliphatic hydroxyl groups excluding tert-OH is 1. The smallest absolute Gasteiger partial charge is 0.261 e. The van der Waals surface area contributed by atoms with E-state index in [1.165, 1.54) is 15.9 Å². The van der Waals surface area contributed by atoms with Crippen LogP contribution < -0.4 is 15.7 Å². The van der Waals surface area contributed by atoms with Crippen LogP contribution in [0.4, 0.5) is 0 Å². The van der Waals surface area contributed by atoms with Crippen molar-refractivity contribution in [1.82, 2.24) is 5.32 Å². The van der Waals surface area contributed by atoms with Crippen LogP contribution in [-0.4, -0.2) is 39.2 Å². The minimum absolute atomic E-state index is 0.0388. The molecule has 3 nitrogen and oxygen atoms in total. The zero-order chi connectivity index (χ0) is 25.5. The van der Waals surface area contributed by atoms with Gasteiger partial charge in [-0.15, -0.1) is 0 Å². The van der Waals surface area contributed by atoms with Gasteiger partial charge in [0.2, 0.25) is 0 Å². The normalized spacial score (nSPS) is 17.0. The molecule has 0 bridgehead atoms. The Morgan fingerprint density at radius 2 is 1.33 bits per heavy atom. The molecule has 4 rings (SSSR count). The third-order valence-electron chi connectivity index (χ3n) is 8.19. The van der Waals surface area contributed by atoms with Gasteiger partial charge in [0.1, 0.15) is 0 Å². The van der Waals surface area contributed by atoms with Crippen LogP contribution in [0.2, 0.25) is 5.04 Å². The molecular weight excluding hydrogens is 458 g/mol. The summed E-state index contributed by atoms with van der Waals surface area (Å²) < 4.78 is 7.21. The fraction of sp³-hybridized carbons (Fsp3) is 0.438. The molecule has 4 heteroatoms. The van der Waals surface area contributed by atoms with E-state index in [9.17, 15) is 5.11 Å². The Hall–Kier alpha value is -2.24. The van der Waals surface area contributed by atoms with E-state index in [4.69, 9.17) is 4.43 Å². The molecule has 192 valence electrons. The van der Waals surface area contributed by atoms with E-state index in [2.05, 4.69) is 117 Å². The first-order valence-electron chi connectivity index (χ1n) is 13.6. The summed E-state index contributed by atoms with van der Waals surface area (Å²) in [5.74, 6) is 0. The highest BCUT2D eigenvalue weighted by Gasteiger charge is 2.50. The number of aryl methyl sites for hydroxylation is 1. The first-order chi connectivity index (χ1) is 17.4. The van der Waals surface area contributed by atoms with Gasteiger partial charge in [0, 0.05) is 12.0 Å². The minimum atomic E-state index is -2.57. The molecule has 1 fully saturated rings. The number of nitrogens with one attached hydrogen (secondary N) is 1. The molecule has 0 amide bonds. The van der Waals surface area contributed by atoms with Gasteiger partial charge >= 0.3 is 0 Å². The lowest BCUT2D eigenvalue weighted by atomic mass is 9.70. The summed E-state index contributed by atoms with van der Waals surface area (Å²) in [6.45, 7) is 9.57. The second-order valence-corrected chi connectivity index (χ2v) is 15.7. The summed E-state index contributed by atoms with van der Waals surface area (Å²) in [5, 5.41) is 17.6. The topological polar surface area (TPSA) is 41.5 Å². The van der Waals surface area contributed by atoms with E-state index in [0.29, 0.717) is 6.61 Å². The van der Waals surface area contributed by atoms with Crippen molar-refractivity contribution in [2.45, 2.75) is 64.0 Å². The molecule has 1 saturated heterocycles. The number of piperidine rings is 1. The van der Waals surface area contributed by atoms with Crippen LogP contribution in [0.25, 0.3) is 0 Å². The molecule has 0 radical (unpaired) electrons. The maximum absolute atomic E-state index is 11.5. The Morgan fingerprint density at radius 3 is 1.83 bits per heavy atom. The predicted octanol–water partition coefficient (Wildman–Crippen LogP) is 5.32. The number of benzene rings is 3. The Bertz CT molecular complexity index is 1000. The predicted molar refractivity (Wildman–Crippen MR) is 153 cm³/mol. The molecule has 0 aromatic heterocycles. The maximum atomic E-state index is 11.5. The Kier molecular flexibility index (Phi) is 8.84. The standard InChI is InChI=1S/C32H43NO2Si/c1-31(2,3)36(28-15-9-5-10-16-28,29-17-11-6-12-18-29)35-26-23-32(21-24-33-25-22-32)30(34)20-19-27-13-7-4-8-14-27/h4-18,30,33-34H,19-26H2,1-3H3. The third-order valence-corrected chi connectivity index (χ3v) is 13.2. The third kappa shape index (κ3) is 5.83. The van der Waals surface area contributed by atoms with Crippen LogP contribution in [0, 0.1) is 5.41 Å². The van der Waals surface area contributed by atoms with E-state index in [1.807, 2.05) is 0 Å². The van der Waals surface area contributed by atoms with Crippen molar-refractivity contribution in [2.75, 3.05) is 19.7 Å². The summed E-state index contributed by atoms with van der Waals surface area (Å²) in [5.41, 5.74) is 1.19. The number of hydrogen-bond donors (Lipinski definition) is 2. The zero-order valence-electron chi connectivity index (χ0n) is 22.2. The highest BCUT2D eigenvalue weighted by molar-refractivity contribution is 6.99. The van der Waals surface area contributed by atoms with Gasteiger partial charge in [-0.05, 0) is 66.2 Å². The van der Waals surface area contributed by atoms with Crippen LogP contribution in [0.15, 0.2) is 91.0 Å². The monoisotopic (exact) mass is 501 g/mol. The minimum Gasteiger partial charge on any atom is -0.407 e. The van der Waals surface area contributed by atoms with Gasteiger partial charge in [-0.3, -0.25) is 0 Å². The van der Waals surface area contributed by atoms with Gasteiger partial charge in [-0.1, -0.05) is 112 Å². The van der Waals surface area contributed by atoms with E-state index in [1.54, 1.807) is 0 Å². The molecule has 1 unspecified atom stereocenters. The van der Waals surface area contributed by atoms with Crippen LogP contribution >= 0.6 is 0 Å². The molecule has 2 N–H and O–H groups in total. The van der Waals surface area contributed by atoms with Gasteiger partial charge in [-0.25, -0.2) is 0 Å². The van der Waals surface area contributed by atoms with E-state index in [0.717, 1.165) is 45.2 Å². The second-order valence-electron chi connectivity index (χ2n) is 11.4. The number of aliphatic hydroxyl groups is 1. The fourth-order valence-corrected chi connectivity index (χ4v) is 10.7. The second kappa shape index (κ2) is 11.9. The van der Waals surface area contributed by atoms with Crippen molar-refractivity contribution in [1.29, 1.82) is 0 Å². The molecule has 3 aromatic carbocycles. The average Bonchev–Trinajstić information content (AvgIpc) is 2.91. The van der Waals surface area contributed by atoms with Crippen molar-refractivity contribution in [2.24, 2.45) is 5.41 Å². The average molecular weight is 502 g/mol. The summed E-state index contributed by atoms with van der Waals surface area (Å²) in [4.78, 5) is 0. The molecule has 1 aliphatic heterocycles. The number of rotatable bonds is 10. The quantitative estimate of drug-likeness (QED) is 0.370. The van der Waals surface area contributed by atoms with E-state index >= 15 is 0 Å². The van der Waals surface area contributed by atoms with Crippen molar-refractivity contribution >= 4 is 18.7 Å². The molecular formula is C32H43NO2Si. The lowest BCUT2D eigenvalue weighted by molar-refractivity contribution is -0.0191. The highest BCUT2D eigenvalue weighted by Crippen LogP contribution is 2.41. The molecule has 0 spiro atoms. The first-order valence-corrected chi connectivity index (χ1v) is 15.5. The lowest BCUT2D eigenvalue weighted by Crippen LogP contribution is -2.66. The van der Waals surface area contributed by atoms with E-state index in [-0.39, 0.29) is 16.6 Å². The van der Waals surface area contributed by atoms with Crippen molar-refractivity contribution < 1.29 is 9.53 Å². The van der Waals surface area contributed by atoms with Gasteiger partial charge in [0.15, 0.2) is 0 Å². The van der Waals surface area contributed by atoms with Crippen LogP contribution in [0.3, 0.4) is 0 Å². The molecule has 36 heavy (non-hydrogen) atoms. The molecule has 1 atom stereocenters. The van der Waals surface area contributed by atoms with Crippen molar-refractivity contribution in [3.05, 3.63) is 96.6 Å². The maximum Gasteiger partial charge on any atom is 0.261 e. The summed E-state index contributed by atoms with van der Waals surface area (Å²) in [6.07, 6.45) is 4.24.